The lowest BCUT2D eigenvalue weighted by atomic mass is 9.95. The summed E-state index contributed by atoms with van der Waals surface area (Å²) in [4.78, 5) is 13.1. The molecule has 1 aliphatic heterocycles. The highest BCUT2D eigenvalue weighted by molar-refractivity contribution is 5.73. The minimum Gasteiger partial charge on any atom is -0.480 e. The molecule has 1 fully saturated rings. The number of aliphatic hydroxyl groups excluding tert-OH is 1. The topological polar surface area (TPSA) is 60.8 Å². The Morgan fingerprint density at radius 3 is 2.60 bits per heavy atom. The number of piperidine rings is 1. The lowest BCUT2D eigenvalue weighted by Gasteiger charge is -2.40. The normalized spacial score (nSPS) is 25.5. The number of rotatable bonds is 4. The maximum atomic E-state index is 11.2. The Labute approximate surface area is 90.9 Å². The molecule has 0 spiro atoms. The van der Waals surface area contributed by atoms with Crippen molar-refractivity contribution in [2.75, 3.05) is 13.2 Å². The molecule has 2 unspecified atom stereocenters. The van der Waals surface area contributed by atoms with Gasteiger partial charge in [-0.05, 0) is 25.3 Å². The fourth-order valence-electron chi connectivity index (χ4n) is 2.40. The second kappa shape index (κ2) is 5.47. The van der Waals surface area contributed by atoms with Crippen LogP contribution in [0.3, 0.4) is 0 Å². The highest BCUT2D eigenvalue weighted by atomic mass is 16.4. The van der Waals surface area contributed by atoms with Crippen molar-refractivity contribution >= 4 is 5.97 Å². The van der Waals surface area contributed by atoms with Crippen LogP contribution in [0, 0.1) is 5.92 Å². The van der Waals surface area contributed by atoms with Crippen LogP contribution in [0.5, 0.6) is 0 Å². The Kier molecular flexibility index (Phi) is 4.54. The van der Waals surface area contributed by atoms with Crippen LogP contribution in [0.25, 0.3) is 0 Å². The van der Waals surface area contributed by atoms with E-state index in [0.29, 0.717) is 0 Å². The number of carboxylic acids is 1. The summed E-state index contributed by atoms with van der Waals surface area (Å²) in [6.45, 7) is 4.69. The second-order valence-electron chi connectivity index (χ2n) is 4.60. The molecular formula is C11H21NO3. The van der Waals surface area contributed by atoms with E-state index in [9.17, 15) is 15.0 Å². The molecule has 2 N–H and O–H groups in total. The quantitative estimate of drug-likeness (QED) is 0.732. The molecule has 0 aromatic carbocycles. The Hall–Kier alpha value is -0.610. The van der Waals surface area contributed by atoms with Crippen molar-refractivity contribution in [3.05, 3.63) is 0 Å². The van der Waals surface area contributed by atoms with Crippen molar-refractivity contribution in [1.82, 2.24) is 4.90 Å². The lowest BCUT2D eigenvalue weighted by molar-refractivity contribution is -0.147. The van der Waals surface area contributed by atoms with Crippen LogP contribution in [0.2, 0.25) is 0 Å². The summed E-state index contributed by atoms with van der Waals surface area (Å²) >= 11 is 0. The molecule has 0 aromatic rings. The SMILES string of the molecule is CC(C)C(C(=O)O)N1CCCCC1CO. The fourth-order valence-corrected chi connectivity index (χ4v) is 2.40. The standard InChI is InChI=1S/C11H21NO3/c1-8(2)10(11(14)15)12-6-4-3-5-9(12)7-13/h8-10,13H,3-7H2,1-2H3,(H,14,15). The highest BCUT2D eigenvalue weighted by Crippen LogP contribution is 2.23. The zero-order valence-electron chi connectivity index (χ0n) is 9.52. The molecular weight excluding hydrogens is 194 g/mol. The van der Waals surface area contributed by atoms with Crippen LogP contribution in [-0.2, 0) is 4.79 Å². The van der Waals surface area contributed by atoms with Gasteiger partial charge in [-0.2, -0.15) is 0 Å². The van der Waals surface area contributed by atoms with Gasteiger partial charge in [0.15, 0.2) is 0 Å². The van der Waals surface area contributed by atoms with Gasteiger partial charge in [0.2, 0.25) is 0 Å². The number of hydrogen-bond donors (Lipinski definition) is 2. The smallest absolute Gasteiger partial charge is 0.321 e. The number of hydrogen-bond acceptors (Lipinski definition) is 3. The average Bonchev–Trinajstić information content (AvgIpc) is 2.17. The molecule has 2 atom stereocenters. The van der Waals surface area contributed by atoms with Gasteiger partial charge in [-0.15, -0.1) is 0 Å². The summed E-state index contributed by atoms with van der Waals surface area (Å²) in [5, 5.41) is 18.4. The van der Waals surface area contributed by atoms with Gasteiger partial charge in [0.25, 0.3) is 0 Å². The molecule has 0 radical (unpaired) electrons. The van der Waals surface area contributed by atoms with Gasteiger partial charge >= 0.3 is 5.97 Å². The Bertz CT molecular complexity index is 218. The minimum atomic E-state index is -0.773. The van der Waals surface area contributed by atoms with Crippen LogP contribution in [0.4, 0.5) is 0 Å². The summed E-state index contributed by atoms with van der Waals surface area (Å²) in [7, 11) is 0. The summed E-state index contributed by atoms with van der Waals surface area (Å²) < 4.78 is 0. The zero-order valence-corrected chi connectivity index (χ0v) is 9.52. The molecule has 0 amide bonds. The predicted molar refractivity (Wildman–Crippen MR) is 57.7 cm³/mol. The van der Waals surface area contributed by atoms with Gasteiger partial charge in [-0.25, -0.2) is 0 Å². The van der Waals surface area contributed by atoms with E-state index >= 15 is 0 Å². The molecule has 1 heterocycles. The van der Waals surface area contributed by atoms with Crippen LogP contribution < -0.4 is 0 Å². The van der Waals surface area contributed by atoms with Gasteiger partial charge < -0.3 is 10.2 Å². The largest absolute Gasteiger partial charge is 0.480 e. The summed E-state index contributed by atoms with van der Waals surface area (Å²) in [5.74, 6) is -0.694. The van der Waals surface area contributed by atoms with Crippen molar-refractivity contribution < 1.29 is 15.0 Å². The monoisotopic (exact) mass is 215 g/mol. The second-order valence-corrected chi connectivity index (χ2v) is 4.60. The Morgan fingerprint density at radius 1 is 1.47 bits per heavy atom. The summed E-state index contributed by atoms with van der Waals surface area (Å²) in [6, 6.07) is -0.426. The number of likely N-dealkylation sites (tertiary alicyclic amines) is 1. The molecule has 1 aliphatic rings. The van der Waals surface area contributed by atoms with E-state index < -0.39 is 12.0 Å². The summed E-state index contributed by atoms with van der Waals surface area (Å²) in [6.07, 6.45) is 3.03. The van der Waals surface area contributed by atoms with E-state index in [1.165, 1.54) is 0 Å². The van der Waals surface area contributed by atoms with E-state index in [0.717, 1.165) is 25.8 Å². The Morgan fingerprint density at radius 2 is 2.13 bits per heavy atom. The highest BCUT2D eigenvalue weighted by Gasteiger charge is 2.34. The van der Waals surface area contributed by atoms with E-state index in [-0.39, 0.29) is 18.6 Å². The first kappa shape index (κ1) is 12.5. The molecule has 0 aromatic heterocycles. The number of aliphatic carboxylic acids is 1. The van der Waals surface area contributed by atoms with Crippen molar-refractivity contribution in [1.29, 1.82) is 0 Å². The van der Waals surface area contributed by atoms with Gasteiger partial charge in [-0.1, -0.05) is 20.3 Å². The van der Waals surface area contributed by atoms with E-state index in [2.05, 4.69) is 0 Å². The van der Waals surface area contributed by atoms with Gasteiger partial charge in [-0.3, -0.25) is 9.69 Å². The predicted octanol–water partition coefficient (Wildman–Crippen LogP) is 0.942. The molecule has 88 valence electrons. The van der Waals surface area contributed by atoms with Crippen LogP contribution in [0.1, 0.15) is 33.1 Å². The molecule has 0 aliphatic carbocycles. The van der Waals surface area contributed by atoms with Gasteiger partial charge in [0, 0.05) is 6.04 Å². The van der Waals surface area contributed by atoms with Crippen molar-refractivity contribution in [2.24, 2.45) is 5.92 Å². The third-order valence-electron chi connectivity index (χ3n) is 3.13. The fraction of sp³-hybridized carbons (Fsp3) is 0.909. The maximum absolute atomic E-state index is 11.2. The first-order valence-corrected chi connectivity index (χ1v) is 5.67. The van der Waals surface area contributed by atoms with E-state index in [1.54, 1.807) is 0 Å². The van der Waals surface area contributed by atoms with Gasteiger partial charge in [0.05, 0.1) is 6.61 Å². The molecule has 15 heavy (non-hydrogen) atoms. The molecule has 1 saturated heterocycles. The Balaban J connectivity index is 2.75. The third-order valence-corrected chi connectivity index (χ3v) is 3.13. The van der Waals surface area contributed by atoms with Crippen molar-refractivity contribution in [3.8, 4) is 0 Å². The van der Waals surface area contributed by atoms with Crippen LogP contribution >= 0.6 is 0 Å². The zero-order chi connectivity index (χ0) is 11.4. The molecule has 4 nitrogen and oxygen atoms in total. The van der Waals surface area contributed by atoms with Crippen molar-refractivity contribution in [2.45, 2.75) is 45.2 Å². The average molecular weight is 215 g/mol. The number of nitrogens with zero attached hydrogens (tertiary/aromatic N) is 1. The van der Waals surface area contributed by atoms with Crippen molar-refractivity contribution in [3.63, 3.8) is 0 Å². The minimum absolute atomic E-state index is 0.0299. The maximum Gasteiger partial charge on any atom is 0.321 e. The van der Waals surface area contributed by atoms with E-state index in [4.69, 9.17) is 0 Å². The number of carbonyl (C=O) groups is 1. The molecule has 0 saturated carbocycles. The molecule has 1 rings (SSSR count). The van der Waals surface area contributed by atoms with Gasteiger partial charge in [0.1, 0.15) is 6.04 Å². The van der Waals surface area contributed by atoms with E-state index in [1.807, 2.05) is 18.7 Å². The van der Waals surface area contributed by atoms with Crippen LogP contribution in [0.15, 0.2) is 0 Å². The third kappa shape index (κ3) is 2.92. The number of carboxylic acid groups (broad SMARTS) is 1. The summed E-state index contributed by atoms with van der Waals surface area (Å²) in [5.41, 5.74) is 0. The first-order valence-electron chi connectivity index (χ1n) is 5.67. The molecule has 4 heteroatoms. The number of aliphatic hydroxyl groups is 1. The first-order chi connectivity index (χ1) is 7.07. The molecule has 0 bridgehead atoms. The van der Waals surface area contributed by atoms with Crippen LogP contribution in [-0.4, -0.2) is 46.3 Å². The lowest BCUT2D eigenvalue weighted by Crippen LogP contribution is -2.53.